The van der Waals surface area contributed by atoms with Gasteiger partial charge < -0.3 is 49.3 Å². The van der Waals surface area contributed by atoms with Gasteiger partial charge in [0.1, 0.15) is 72.1 Å². The smallest absolute Gasteiger partial charge is 0.459 e. The molecule has 26 nitrogen and oxygen atoms in total. The highest BCUT2D eigenvalue weighted by Crippen LogP contribution is 2.53. The van der Waals surface area contributed by atoms with E-state index in [0.717, 1.165) is 50.3 Å². The molecule has 2 saturated heterocycles. The van der Waals surface area contributed by atoms with E-state index in [0.29, 0.717) is 28.3 Å². The lowest BCUT2D eigenvalue weighted by molar-refractivity contribution is -0.152. The SMILES string of the molecule is CCCCCOC(=O)[C@H](CC(C)C)NP(=O)(Oc1cc(Nc2nc(Cl)nc3c2ncn3[C@H]2CC(OP(=O)(N[C@@H](C)C(=O)OC3CCCCC3)Oc3cccc4ccccc34)[C@@H](CO)O2)cc2ccccc12)OC1C[C@H](n2cnc3c(N)nc(Cl)nc32)O[C@@H]1CO. The number of nitrogens with two attached hydrogens (primary N) is 1. The Morgan fingerprint density at radius 1 is 0.722 bits per heavy atom. The van der Waals surface area contributed by atoms with E-state index >= 15 is 9.13 Å². The maximum absolute atomic E-state index is 15.9. The molecule has 11 rings (SSSR count). The van der Waals surface area contributed by atoms with Crippen LogP contribution in [0.2, 0.25) is 10.6 Å². The summed E-state index contributed by atoms with van der Waals surface area (Å²) in [7, 11) is -9.29. The van der Waals surface area contributed by atoms with Crippen LogP contribution in [0.4, 0.5) is 17.3 Å². The first-order valence-electron chi connectivity index (χ1n) is 30.1. The Kier molecular flexibility index (Phi) is 20.5. The summed E-state index contributed by atoms with van der Waals surface area (Å²) >= 11 is 12.9. The third-order valence-electron chi connectivity index (χ3n) is 15.8. The Hall–Kier alpha value is -6.64. The molecule has 3 aliphatic rings. The number of hydrogen-bond donors (Lipinski definition) is 6. The summed E-state index contributed by atoms with van der Waals surface area (Å²) in [6.07, 6.45) is 3.35. The standard InChI is InChI=1S/C60H72Cl2N12O14P2/c1-5-6-14-24-81-58(78)42(25-34(2)3)72-90(80,88-46-29-49(83-48(46)31-76)73-32-64-51-53(63)67-59(61)69-55(51)73)86-44-27-38(26-37-17-11-13-22-41(37)44)66-54-52-56(70-60(62)68-54)74(33-65-52)50-28-45(47(30-75)84-50)87-89(79,71-35(4)57(77)82-39-19-8-7-9-20-39)85-43-23-15-18-36-16-10-12-21-40(36)43/h10-13,15-18,21-23,26-27,32-35,39,42,45-50,75-76H,5-9,14,19-20,24-25,28-31H2,1-4H3,(H,71,79)(H,72,80)(H2,63,67,69)(H,66,68,70)/t35-,42-,45?,46?,47+,48+,49+,50+,89?,90?/m0/s1. The molecule has 30 heteroatoms. The Balaban J connectivity index is 0.881. The number of nitrogen functional groups attached to an aromatic ring is 1. The number of anilines is 3. The fourth-order valence-electron chi connectivity index (χ4n) is 11.4. The van der Waals surface area contributed by atoms with E-state index in [2.05, 4.69) is 40.4 Å². The molecule has 4 aromatic heterocycles. The lowest BCUT2D eigenvalue weighted by Gasteiger charge is -2.29. The molecular formula is C60H72Cl2N12O14P2. The fourth-order valence-corrected chi connectivity index (χ4v) is 15.2. The molecule has 1 saturated carbocycles. The quantitative estimate of drug-likeness (QED) is 0.0121. The predicted molar refractivity (Wildman–Crippen MR) is 336 cm³/mol. The molecule has 4 aromatic carbocycles. The number of imidazole rings is 2. The number of rotatable bonds is 27. The second-order valence-corrected chi connectivity index (χ2v) is 26.9. The number of nitrogens with one attached hydrogen (secondary N) is 3. The topological polar surface area (TPSA) is 332 Å². The normalized spacial score (nSPS) is 21.8. The second-order valence-electron chi connectivity index (χ2n) is 23.0. The fraction of sp³-hybridized carbons (Fsp3) is 0.467. The van der Waals surface area contributed by atoms with Gasteiger partial charge in [-0.15, -0.1) is 0 Å². The lowest BCUT2D eigenvalue weighted by Crippen LogP contribution is -2.40. The number of carbonyl (C=O) groups is 2. The number of nitrogens with zero attached hydrogens (tertiary/aromatic N) is 8. The van der Waals surface area contributed by atoms with Crippen LogP contribution in [0.5, 0.6) is 11.5 Å². The highest BCUT2D eigenvalue weighted by atomic mass is 35.5. The first-order valence-corrected chi connectivity index (χ1v) is 34.0. The van der Waals surface area contributed by atoms with Crippen LogP contribution in [0.3, 0.4) is 0 Å². The molecule has 0 radical (unpaired) electrons. The molecule has 7 N–H and O–H groups in total. The Morgan fingerprint density at radius 3 is 1.97 bits per heavy atom. The van der Waals surface area contributed by atoms with Gasteiger partial charge in [-0.25, -0.2) is 19.1 Å². The van der Waals surface area contributed by atoms with Crippen LogP contribution in [0, 0.1) is 5.92 Å². The summed E-state index contributed by atoms with van der Waals surface area (Å²) < 4.78 is 84.4. The zero-order valence-electron chi connectivity index (χ0n) is 49.9. The summed E-state index contributed by atoms with van der Waals surface area (Å²) in [5.74, 6) is -0.933. The highest BCUT2D eigenvalue weighted by Gasteiger charge is 2.47. The first kappa shape index (κ1) is 64.9. The van der Waals surface area contributed by atoms with Gasteiger partial charge in [-0.2, -0.15) is 30.1 Å². The van der Waals surface area contributed by atoms with Crippen LogP contribution >= 0.6 is 38.7 Å². The molecule has 8 aromatic rings. The van der Waals surface area contributed by atoms with E-state index in [1.54, 1.807) is 45.5 Å². The van der Waals surface area contributed by atoms with E-state index in [9.17, 15) is 19.8 Å². The van der Waals surface area contributed by atoms with E-state index in [-0.39, 0.29) is 93.9 Å². The number of carbonyl (C=O) groups excluding carboxylic acids is 2. The highest BCUT2D eigenvalue weighted by molar-refractivity contribution is 7.52. The number of aromatic nitrogens is 8. The third kappa shape index (κ3) is 15.0. The number of benzene rings is 4. The van der Waals surface area contributed by atoms with Crippen LogP contribution in [-0.4, -0.2) is 124 Å². The summed E-state index contributed by atoms with van der Waals surface area (Å²) in [5.41, 5.74) is 7.40. The van der Waals surface area contributed by atoms with Crippen molar-refractivity contribution in [1.29, 1.82) is 0 Å². The molecule has 4 unspecified atom stereocenters. The zero-order chi connectivity index (χ0) is 63.3. The maximum Gasteiger partial charge on any atom is 0.459 e. The average Bonchev–Trinajstić information content (AvgIpc) is 1.57. The van der Waals surface area contributed by atoms with Gasteiger partial charge in [0.25, 0.3) is 0 Å². The van der Waals surface area contributed by atoms with Gasteiger partial charge >= 0.3 is 27.4 Å². The van der Waals surface area contributed by atoms with Gasteiger partial charge in [0, 0.05) is 35.4 Å². The Bertz CT molecular complexity index is 3970. The van der Waals surface area contributed by atoms with Crippen LogP contribution in [0.1, 0.15) is 111 Å². The molecule has 1 aliphatic carbocycles. The average molecular weight is 1320 g/mol. The van der Waals surface area contributed by atoms with Crippen LogP contribution in [0.15, 0.2) is 91.5 Å². The summed E-state index contributed by atoms with van der Waals surface area (Å²) in [6.45, 7) is 6.38. The van der Waals surface area contributed by atoms with E-state index in [1.165, 1.54) is 19.6 Å². The summed E-state index contributed by atoms with van der Waals surface area (Å²) in [6, 6.07) is 20.9. The van der Waals surface area contributed by atoms with Crippen LogP contribution in [0.25, 0.3) is 43.9 Å². The van der Waals surface area contributed by atoms with Gasteiger partial charge in [0.15, 0.2) is 28.4 Å². The third-order valence-corrected chi connectivity index (χ3v) is 19.5. The summed E-state index contributed by atoms with van der Waals surface area (Å²) in [5, 5.41) is 32.9. The molecule has 2 aliphatic heterocycles. The van der Waals surface area contributed by atoms with Crippen molar-refractivity contribution < 1.29 is 66.0 Å². The van der Waals surface area contributed by atoms with Crippen molar-refractivity contribution in [3.63, 3.8) is 0 Å². The number of halogens is 2. The van der Waals surface area contributed by atoms with Crippen molar-refractivity contribution in [2.45, 2.75) is 153 Å². The maximum atomic E-state index is 15.9. The van der Waals surface area contributed by atoms with Gasteiger partial charge in [0.2, 0.25) is 10.6 Å². The molecule has 480 valence electrons. The van der Waals surface area contributed by atoms with Crippen molar-refractivity contribution in [1.82, 2.24) is 49.2 Å². The minimum atomic E-state index is -4.77. The Labute approximate surface area is 528 Å². The molecule has 6 heterocycles. The van der Waals surface area contributed by atoms with Crippen molar-refractivity contribution in [3.8, 4) is 11.5 Å². The largest absolute Gasteiger partial charge is 0.465 e. The minimum absolute atomic E-state index is 0.0147. The molecular weight excluding hydrogens is 1250 g/mol. The number of unbranched alkanes of at least 4 members (excludes halogenated alkanes) is 2. The van der Waals surface area contributed by atoms with Gasteiger partial charge in [-0.05, 0) is 97.5 Å². The first-order chi connectivity index (χ1) is 43.4. The van der Waals surface area contributed by atoms with Gasteiger partial charge in [0.05, 0.1) is 32.5 Å². The number of aliphatic hydroxyl groups is 2. The second kappa shape index (κ2) is 28.5. The number of esters is 2. The number of ether oxygens (including phenoxy) is 4. The monoisotopic (exact) mass is 1320 g/mol. The van der Waals surface area contributed by atoms with Crippen LogP contribution in [-0.2, 0) is 46.7 Å². The van der Waals surface area contributed by atoms with Gasteiger partial charge in [-0.3, -0.25) is 27.8 Å². The van der Waals surface area contributed by atoms with E-state index in [4.69, 9.17) is 71.0 Å². The number of hydrogen-bond acceptors (Lipinski definition) is 22. The van der Waals surface area contributed by atoms with E-state index < -0.39 is 89.6 Å². The molecule has 3 fully saturated rings. The molecule has 90 heavy (non-hydrogen) atoms. The van der Waals surface area contributed by atoms with Crippen LogP contribution < -0.4 is 30.3 Å². The van der Waals surface area contributed by atoms with Crippen molar-refractivity contribution in [2.75, 3.05) is 30.9 Å². The molecule has 0 bridgehead atoms. The molecule has 0 spiro atoms. The minimum Gasteiger partial charge on any atom is -0.465 e. The number of aliphatic hydroxyl groups excluding tert-OH is 2. The number of fused-ring (bicyclic) bond motifs is 4. The predicted octanol–water partition coefficient (Wildman–Crippen LogP) is 11.2. The van der Waals surface area contributed by atoms with Crippen molar-refractivity contribution in [2.24, 2.45) is 5.92 Å². The molecule has 10 atom stereocenters. The Morgan fingerprint density at radius 2 is 1.31 bits per heavy atom. The van der Waals surface area contributed by atoms with E-state index in [1.807, 2.05) is 63.2 Å². The lowest BCUT2D eigenvalue weighted by atomic mass is 9.98. The summed E-state index contributed by atoms with van der Waals surface area (Å²) in [4.78, 5) is 54.0. The van der Waals surface area contributed by atoms with Crippen molar-refractivity contribution in [3.05, 3.63) is 102 Å². The van der Waals surface area contributed by atoms with Gasteiger partial charge in [-0.1, -0.05) is 101 Å². The van der Waals surface area contributed by atoms with Crippen molar-refractivity contribution >= 4 is 112 Å². The molecule has 0 amide bonds. The zero-order valence-corrected chi connectivity index (χ0v) is 53.2.